The highest BCUT2D eigenvalue weighted by Gasteiger charge is 2.29. The minimum atomic E-state index is -0.150. The Hall–Kier alpha value is -1.39. The van der Waals surface area contributed by atoms with Crippen molar-refractivity contribution in [3.63, 3.8) is 0 Å². The Morgan fingerprint density at radius 2 is 2.11 bits per heavy atom. The van der Waals surface area contributed by atoms with Crippen molar-refractivity contribution in [2.24, 2.45) is 11.8 Å². The number of hydrogen-bond donors (Lipinski definition) is 1. The van der Waals surface area contributed by atoms with Crippen LogP contribution in [0.4, 0.5) is 0 Å². The van der Waals surface area contributed by atoms with Gasteiger partial charge < -0.3 is 4.74 Å². The Bertz CT molecular complexity index is 390. The van der Waals surface area contributed by atoms with Crippen molar-refractivity contribution in [1.29, 1.82) is 0 Å². The van der Waals surface area contributed by atoms with Crippen molar-refractivity contribution < 1.29 is 14.4 Å². The second-order valence-corrected chi connectivity index (χ2v) is 5.02. The van der Waals surface area contributed by atoms with Crippen LogP contribution >= 0.6 is 0 Å². The molecule has 1 aliphatic carbocycles. The van der Waals surface area contributed by atoms with E-state index in [9.17, 15) is 4.79 Å². The second-order valence-electron chi connectivity index (χ2n) is 5.02. The van der Waals surface area contributed by atoms with E-state index in [1.165, 1.54) is 20.0 Å². The lowest BCUT2D eigenvalue weighted by atomic mass is 10.0. The molecule has 1 aromatic rings. The van der Waals surface area contributed by atoms with Crippen molar-refractivity contribution in [2.45, 2.75) is 25.9 Å². The lowest BCUT2D eigenvalue weighted by Crippen LogP contribution is -2.30. The van der Waals surface area contributed by atoms with Crippen molar-refractivity contribution in [3.05, 3.63) is 35.9 Å². The number of methoxy groups -OCH3 is 1. The predicted molar refractivity (Wildman–Crippen MR) is 72.1 cm³/mol. The standard InChI is InChI=1S/C15H21NO3/c1-18-15(17)14(9-12-7-8-12)10-16-19-11-13-5-3-2-4-6-13/h2-6,12,14,16H,7-11H2,1H3. The van der Waals surface area contributed by atoms with Crippen LogP contribution in [0.25, 0.3) is 0 Å². The zero-order chi connectivity index (χ0) is 13.5. The number of carbonyl (C=O) groups excluding carboxylic acids is 1. The van der Waals surface area contributed by atoms with Gasteiger partial charge in [-0.15, -0.1) is 0 Å². The van der Waals surface area contributed by atoms with Gasteiger partial charge in [-0.25, -0.2) is 5.48 Å². The number of rotatable bonds is 8. The first-order valence-electron chi connectivity index (χ1n) is 6.76. The Morgan fingerprint density at radius 3 is 2.74 bits per heavy atom. The van der Waals surface area contributed by atoms with Crippen molar-refractivity contribution in [3.8, 4) is 0 Å². The zero-order valence-electron chi connectivity index (χ0n) is 11.3. The van der Waals surface area contributed by atoms with Crippen LogP contribution in [0.3, 0.4) is 0 Å². The molecule has 1 N–H and O–H groups in total. The topological polar surface area (TPSA) is 47.6 Å². The van der Waals surface area contributed by atoms with Crippen molar-refractivity contribution in [1.82, 2.24) is 5.48 Å². The molecule has 1 fully saturated rings. The van der Waals surface area contributed by atoms with E-state index >= 15 is 0 Å². The maximum absolute atomic E-state index is 11.6. The number of hydrogen-bond acceptors (Lipinski definition) is 4. The predicted octanol–water partition coefficient (Wildman–Crippen LogP) is 2.30. The van der Waals surface area contributed by atoms with Crippen LogP contribution in [-0.4, -0.2) is 19.6 Å². The average Bonchev–Trinajstić information content (AvgIpc) is 3.26. The van der Waals surface area contributed by atoms with Gasteiger partial charge in [-0.05, 0) is 17.9 Å². The summed E-state index contributed by atoms with van der Waals surface area (Å²) in [6.45, 7) is 1.01. The highest BCUT2D eigenvalue weighted by atomic mass is 16.6. The minimum absolute atomic E-state index is 0.103. The number of esters is 1. The van der Waals surface area contributed by atoms with Gasteiger partial charge in [0, 0.05) is 6.54 Å². The van der Waals surface area contributed by atoms with Crippen LogP contribution < -0.4 is 5.48 Å². The third-order valence-electron chi connectivity index (χ3n) is 3.36. The second kappa shape index (κ2) is 7.26. The number of nitrogens with one attached hydrogen (secondary N) is 1. The van der Waals surface area contributed by atoms with Crippen LogP contribution in [0, 0.1) is 11.8 Å². The van der Waals surface area contributed by atoms with E-state index in [4.69, 9.17) is 9.57 Å². The highest BCUT2D eigenvalue weighted by molar-refractivity contribution is 5.72. The third kappa shape index (κ3) is 5.01. The molecule has 0 bridgehead atoms. The number of ether oxygens (including phenoxy) is 1. The van der Waals surface area contributed by atoms with Gasteiger partial charge in [0.15, 0.2) is 0 Å². The van der Waals surface area contributed by atoms with Gasteiger partial charge in [-0.3, -0.25) is 9.63 Å². The lowest BCUT2D eigenvalue weighted by molar-refractivity contribution is -0.146. The number of hydroxylamine groups is 1. The monoisotopic (exact) mass is 263 g/mol. The molecule has 0 aromatic heterocycles. The maximum Gasteiger partial charge on any atom is 0.310 e. The minimum Gasteiger partial charge on any atom is -0.469 e. The largest absolute Gasteiger partial charge is 0.469 e. The van der Waals surface area contributed by atoms with E-state index in [-0.39, 0.29) is 11.9 Å². The van der Waals surface area contributed by atoms with Gasteiger partial charge in [0.25, 0.3) is 0 Å². The zero-order valence-corrected chi connectivity index (χ0v) is 11.3. The van der Waals surface area contributed by atoms with E-state index < -0.39 is 0 Å². The third-order valence-corrected chi connectivity index (χ3v) is 3.36. The SMILES string of the molecule is COC(=O)C(CNOCc1ccccc1)CC1CC1. The van der Waals surface area contributed by atoms with E-state index in [2.05, 4.69) is 5.48 Å². The molecule has 4 heteroatoms. The van der Waals surface area contributed by atoms with Gasteiger partial charge >= 0.3 is 5.97 Å². The Kier molecular flexibility index (Phi) is 5.36. The molecule has 1 unspecified atom stereocenters. The molecule has 1 aromatic carbocycles. The summed E-state index contributed by atoms with van der Waals surface area (Å²) in [7, 11) is 1.44. The molecule has 0 radical (unpaired) electrons. The van der Waals surface area contributed by atoms with Crippen LogP contribution in [-0.2, 0) is 21.0 Å². The first-order valence-corrected chi connectivity index (χ1v) is 6.76. The summed E-state index contributed by atoms with van der Waals surface area (Å²) in [5.74, 6) is 0.441. The highest BCUT2D eigenvalue weighted by Crippen LogP contribution is 2.35. The average molecular weight is 263 g/mol. The molecule has 0 heterocycles. The summed E-state index contributed by atoms with van der Waals surface area (Å²) in [6.07, 6.45) is 3.37. The van der Waals surface area contributed by atoms with Crippen LogP contribution in [0.1, 0.15) is 24.8 Å². The molecule has 19 heavy (non-hydrogen) atoms. The molecule has 1 aliphatic rings. The quantitative estimate of drug-likeness (QED) is 0.444. The molecule has 1 atom stereocenters. The van der Waals surface area contributed by atoms with Gasteiger partial charge in [0.2, 0.25) is 0 Å². The summed E-state index contributed by atoms with van der Waals surface area (Å²) >= 11 is 0. The molecule has 0 saturated heterocycles. The molecular formula is C15H21NO3. The molecule has 0 aliphatic heterocycles. The Labute approximate surface area is 114 Å². The van der Waals surface area contributed by atoms with Gasteiger partial charge in [0.1, 0.15) is 0 Å². The number of carbonyl (C=O) groups is 1. The van der Waals surface area contributed by atoms with Gasteiger partial charge in [-0.1, -0.05) is 43.2 Å². The van der Waals surface area contributed by atoms with Crippen LogP contribution in [0.5, 0.6) is 0 Å². The molecular weight excluding hydrogens is 242 g/mol. The van der Waals surface area contributed by atoms with E-state index in [0.717, 1.165) is 12.0 Å². The molecule has 0 amide bonds. The van der Waals surface area contributed by atoms with E-state index in [0.29, 0.717) is 19.1 Å². The maximum atomic E-state index is 11.6. The van der Waals surface area contributed by atoms with Crippen molar-refractivity contribution >= 4 is 5.97 Å². The molecule has 104 valence electrons. The van der Waals surface area contributed by atoms with E-state index in [1.807, 2.05) is 30.3 Å². The molecule has 4 nitrogen and oxygen atoms in total. The summed E-state index contributed by atoms with van der Waals surface area (Å²) < 4.78 is 4.82. The first kappa shape index (κ1) is 14.0. The fourth-order valence-electron chi connectivity index (χ4n) is 2.05. The molecule has 0 spiro atoms. The summed E-state index contributed by atoms with van der Waals surface area (Å²) in [5.41, 5.74) is 3.99. The van der Waals surface area contributed by atoms with Gasteiger partial charge in [-0.2, -0.15) is 0 Å². The summed E-state index contributed by atoms with van der Waals surface area (Å²) in [4.78, 5) is 17.0. The smallest absolute Gasteiger partial charge is 0.310 e. The normalized spacial score (nSPS) is 16.1. The summed E-state index contributed by atoms with van der Waals surface area (Å²) in [6, 6.07) is 9.93. The van der Waals surface area contributed by atoms with E-state index in [1.54, 1.807) is 0 Å². The number of benzene rings is 1. The fraction of sp³-hybridized carbons (Fsp3) is 0.533. The van der Waals surface area contributed by atoms with Gasteiger partial charge in [0.05, 0.1) is 19.6 Å². The summed E-state index contributed by atoms with van der Waals surface area (Å²) in [5, 5.41) is 0. The fourth-order valence-corrected chi connectivity index (χ4v) is 2.05. The van der Waals surface area contributed by atoms with Crippen molar-refractivity contribution in [2.75, 3.05) is 13.7 Å². The Balaban J connectivity index is 1.68. The lowest BCUT2D eigenvalue weighted by Gasteiger charge is -2.15. The first-order chi connectivity index (χ1) is 9.29. The Morgan fingerprint density at radius 1 is 1.37 bits per heavy atom. The van der Waals surface area contributed by atoms with Crippen LogP contribution in [0.15, 0.2) is 30.3 Å². The van der Waals surface area contributed by atoms with Crippen LogP contribution in [0.2, 0.25) is 0 Å². The molecule has 1 saturated carbocycles. The molecule has 2 rings (SSSR count).